The number of benzene rings is 1. The van der Waals surface area contributed by atoms with Crippen LogP contribution in [-0.4, -0.2) is 19.7 Å². The number of ether oxygens (including phenoxy) is 1. The maximum absolute atomic E-state index is 12.3. The molecule has 1 N–H and O–H groups in total. The SMILES string of the molecule is FC(F)Oc1ccc(Cl)cc1C1CCNCC1. The largest absolute Gasteiger partial charge is 0.435 e. The smallest absolute Gasteiger partial charge is 0.387 e. The Morgan fingerprint density at radius 1 is 1.29 bits per heavy atom. The molecule has 1 aliphatic rings. The second-order valence-electron chi connectivity index (χ2n) is 4.08. The average Bonchev–Trinajstić information content (AvgIpc) is 2.32. The summed E-state index contributed by atoms with van der Waals surface area (Å²) < 4.78 is 29.1. The molecule has 17 heavy (non-hydrogen) atoms. The molecule has 2 nitrogen and oxygen atoms in total. The summed E-state index contributed by atoms with van der Waals surface area (Å²) in [5.74, 6) is 0.486. The minimum atomic E-state index is -2.79. The summed E-state index contributed by atoms with van der Waals surface area (Å²) in [5.41, 5.74) is 0.791. The van der Waals surface area contributed by atoms with Crippen molar-refractivity contribution in [2.45, 2.75) is 25.4 Å². The molecular formula is C12H14ClF2NO. The van der Waals surface area contributed by atoms with Crippen molar-refractivity contribution >= 4 is 11.6 Å². The van der Waals surface area contributed by atoms with Gasteiger partial charge in [-0.2, -0.15) is 8.78 Å². The molecule has 1 fully saturated rings. The Balaban J connectivity index is 2.25. The molecule has 0 radical (unpaired) electrons. The third-order valence-corrected chi connectivity index (χ3v) is 3.20. The van der Waals surface area contributed by atoms with Gasteiger partial charge in [0.25, 0.3) is 0 Å². The fourth-order valence-electron chi connectivity index (χ4n) is 2.17. The van der Waals surface area contributed by atoms with Gasteiger partial charge in [-0.15, -0.1) is 0 Å². The second kappa shape index (κ2) is 5.65. The summed E-state index contributed by atoms with van der Waals surface area (Å²) in [6, 6.07) is 4.82. The van der Waals surface area contributed by atoms with Gasteiger partial charge in [0.15, 0.2) is 0 Å². The van der Waals surface area contributed by atoms with Crippen molar-refractivity contribution in [3.05, 3.63) is 28.8 Å². The quantitative estimate of drug-likeness (QED) is 0.900. The van der Waals surface area contributed by atoms with Crippen LogP contribution in [0, 0.1) is 0 Å². The standard InChI is InChI=1S/C12H14ClF2NO/c13-9-1-2-11(17-12(14)15)10(7-9)8-3-5-16-6-4-8/h1-2,7-8,12,16H,3-6H2. The van der Waals surface area contributed by atoms with Crippen LogP contribution in [-0.2, 0) is 0 Å². The van der Waals surface area contributed by atoms with Crippen LogP contribution in [0.2, 0.25) is 5.02 Å². The molecule has 0 saturated carbocycles. The van der Waals surface area contributed by atoms with Crippen molar-refractivity contribution in [2.75, 3.05) is 13.1 Å². The number of hydrogen-bond acceptors (Lipinski definition) is 2. The first-order valence-corrected chi connectivity index (χ1v) is 5.99. The molecule has 0 amide bonds. The van der Waals surface area contributed by atoms with E-state index in [9.17, 15) is 8.78 Å². The van der Waals surface area contributed by atoms with Crippen molar-refractivity contribution in [1.29, 1.82) is 0 Å². The first kappa shape index (κ1) is 12.6. The van der Waals surface area contributed by atoms with E-state index < -0.39 is 6.61 Å². The van der Waals surface area contributed by atoms with Gasteiger partial charge in [0.05, 0.1) is 0 Å². The topological polar surface area (TPSA) is 21.3 Å². The van der Waals surface area contributed by atoms with Gasteiger partial charge in [-0.3, -0.25) is 0 Å². The van der Waals surface area contributed by atoms with Gasteiger partial charge >= 0.3 is 6.61 Å². The van der Waals surface area contributed by atoms with Crippen molar-refractivity contribution in [3.63, 3.8) is 0 Å². The lowest BCUT2D eigenvalue weighted by molar-refractivity contribution is -0.0507. The van der Waals surface area contributed by atoms with Gasteiger partial charge < -0.3 is 10.1 Å². The van der Waals surface area contributed by atoms with Crippen LogP contribution in [0.15, 0.2) is 18.2 Å². The molecule has 1 heterocycles. The third kappa shape index (κ3) is 3.30. The Labute approximate surface area is 104 Å². The summed E-state index contributed by atoms with van der Waals surface area (Å²) >= 11 is 5.91. The highest BCUT2D eigenvalue weighted by Gasteiger charge is 2.20. The molecule has 1 aromatic carbocycles. The molecule has 0 aromatic heterocycles. The van der Waals surface area contributed by atoms with E-state index in [0.29, 0.717) is 5.02 Å². The Hall–Kier alpha value is -0.870. The molecule has 0 bridgehead atoms. The van der Waals surface area contributed by atoms with E-state index in [1.165, 1.54) is 6.07 Å². The predicted octanol–water partition coefficient (Wildman–Crippen LogP) is 3.41. The second-order valence-corrected chi connectivity index (χ2v) is 4.52. The normalized spacial score (nSPS) is 17.4. The van der Waals surface area contributed by atoms with Crippen LogP contribution < -0.4 is 10.1 Å². The highest BCUT2D eigenvalue weighted by atomic mass is 35.5. The first-order valence-electron chi connectivity index (χ1n) is 5.62. The number of piperidine rings is 1. The van der Waals surface area contributed by atoms with Crippen LogP contribution in [0.3, 0.4) is 0 Å². The van der Waals surface area contributed by atoms with E-state index in [2.05, 4.69) is 10.1 Å². The Kier molecular flexibility index (Phi) is 4.18. The highest BCUT2D eigenvalue weighted by molar-refractivity contribution is 6.30. The Morgan fingerprint density at radius 2 is 2.00 bits per heavy atom. The number of hydrogen-bond donors (Lipinski definition) is 1. The molecule has 0 spiro atoms. The highest BCUT2D eigenvalue weighted by Crippen LogP contribution is 2.35. The zero-order valence-electron chi connectivity index (χ0n) is 9.26. The Morgan fingerprint density at radius 3 is 2.65 bits per heavy atom. The van der Waals surface area contributed by atoms with Gasteiger partial charge in [0.2, 0.25) is 0 Å². The third-order valence-electron chi connectivity index (χ3n) is 2.97. The lowest BCUT2D eigenvalue weighted by atomic mass is 9.89. The molecule has 1 saturated heterocycles. The van der Waals surface area contributed by atoms with Crippen LogP contribution >= 0.6 is 11.6 Å². The van der Waals surface area contributed by atoms with Crippen molar-refractivity contribution < 1.29 is 13.5 Å². The fraction of sp³-hybridized carbons (Fsp3) is 0.500. The molecule has 2 rings (SSSR count). The van der Waals surface area contributed by atoms with Crippen molar-refractivity contribution in [1.82, 2.24) is 5.32 Å². The molecule has 0 unspecified atom stereocenters. The number of nitrogens with one attached hydrogen (secondary N) is 1. The van der Waals surface area contributed by atoms with Crippen LogP contribution in [0.1, 0.15) is 24.3 Å². The van der Waals surface area contributed by atoms with Crippen molar-refractivity contribution in [3.8, 4) is 5.75 Å². The molecule has 0 aliphatic carbocycles. The minimum Gasteiger partial charge on any atom is -0.435 e. The molecule has 1 aliphatic heterocycles. The van der Waals surface area contributed by atoms with E-state index in [-0.39, 0.29) is 11.7 Å². The minimum absolute atomic E-state index is 0.240. The summed E-state index contributed by atoms with van der Waals surface area (Å²) in [4.78, 5) is 0. The van der Waals surface area contributed by atoms with E-state index in [1.807, 2.05) is 0 Å². The molecular weight excluding hydrogens is 248 g/mol. The first-order chi connectivity index (χ1) is 8.16. The van der Waals surface area contributed by atoms with Gasteiger partial charge in [0, 0.05) is 5.02 Å². The van der Waals surface area contributed by atoms with Gasteiger partial charge in [-0.05, 0) is 55.6 Å². The van der Waals surface area contributed by atoms with Gasteiger partial charge in [-0.1, -0.05) is 11.6 Å². The number of alkyl halides is 2. The van der Waals surface area contributed by atoms with Crippen LogP contribution in [0.4, 0.5) is 8.78 Å². The van der Waals surface area contributed by atoms with E-state index in [4.69, 9.17) is 11.6 Å². The van der Waals surface area contributed by atoms with E-state index >= 15 is 0 Å². The maximum atomic E-state index is 12.3. The lowest BCUT2D eigenvalue weighted by Gasteiger charge is -2.25. The summed E-state index contributed by atoms with van der Waals surface area (Å²) in [6.07, 6.45) is 1.83. The predicted molar refractivity (Wildman–Crippen MR) is 62.9 cm³/mol. The number of halogens is 3. The van der Waals surface area contributed by atoms with Gasteiger partial charge in [-0.25, -0.2) is 0 Å². The summed E-state index contributed by atoms with van der Waals surface area (Å²) in [5, 5.41) is 3.79. The summed E-state index contributed by atoms with van der Waals surface area (Å²) in [7, 11) is 0. The van der Waals surface area contributed by atoms with Gasteiger partial charge in [0.1, 0.15) is 5.75 Å². The molecule has 94 valence electrons. The Bertz CT molecular complexity index is 381. The lowest BCUT2D eigenvalue weighted by Crippen LogP contribution is -2.27. The van der Waals surface area contributed by atoms with E-state index in [1.54, 1.807) is 12.1 Å². The average molecular weight is 262 g/mol. The summed E-state index contributed by atoms with van der Waals surface area (Å²) in [6.45, 7) is -1.01. The number of rotatable bonds is 3. The van der Waals surface area contributed by atoms with E-state index in [0.717, 1.165) is 31.5 Å². The maximum Gasteiger partial charge on any atom is 0.387 e. The molecule has 5 heteroatoms. The van der Waals surface area contributed by atoms with Crippen LogP contribution in [0.5, 0.6) is 5.75 Å². The monoisotopic (exact) mass is 261 g/mol. The van der Waals surface area contributed by atoms with Crippen molar-refractivity contribution in [2.24, 2.45) is 0 Å². The fourth-order valence-corrected chi connectivity index (χ4v) is 2.36. The zero-order chi connectivity index (χ0) is 12.3. The van der Waals surface area contributed by atoms with Crippen LogP contribution in [0.25, 0.3) is 0 Å². The molecule has 1 aromatic rings. The molecule has 0 atom stereocenters. The zero-order valence-corrected chi connectivity index (χ0v) is 10.0.